The smallest absolute Gasteiger partial charge is 0.315 e. The van der Waals surface area contributed by atoms with E-state index in [2.05, 4.69) is 16.2 Å². The average molecular weight is 250 g/mol. The third-order valence-electron chi connectivity index (χ3n) is 2.81. The fourth-order valence-corrected chi connectivity index (χ4v) is 1.93. The monoisotopic (exact) mass is 250 g/mol. The molecule has 1 aliphatic rings. The average Bonchev–Trinajstić information content (AvgIpc) is 2.72. The first-order valence-electron chi connectivity index (χ1n) is 5.97. The summed E-state index contributed by atoms with van der Waals surface area (Å²) in [5.41, 5.74) is 12.6. The van der Waals surface area contributed by atoms with E-state index in [0.717, 1.165) is 5.69 Å². The second-order valence-electron chi connectivity index (χ2n) is 4.08. The van der Waals surface area contributed by atoms with E-state index in [9.17, 15) is 4.79 Å². The Morgan fingerprint density at radius 2 is 2.11 bits per heavy atom. The minimum atomic E-state index is -0.467. The molecule has 18 heavy (non-hydrogen) atoms. The van der Waals surface area contributed by atoms with Crippen LogP contribution in [0.1, 0.15) is 6.92 Å². The summed E-state index contributed by atoms with van der Waals surface area (Å²) in [7, 11) is 0. The summed E-state index contributed by atoms with van der Waals surface area (Å²) in [5, 5.41) is 3.21. The number of hydrogen-bond donors (Lipinski definition) is 4. The van der Waals surface area contributed by atoms with Crippen LogP contribution in [-0.2, 0) is 9.53 Å². The molecule has 0 spiro atoms. The van der Waals surface area contributed by atoms with Crippen LogP contribution in [0.15, 0.2) is 30.3 Å². The van der Waals surface area contributed by atoms with Gasteiger partial charge in [-0.15, -0.1) is 0 Å². The van der Waals surface area contributed by atoms with E-state index >= 15 is 0 Å². The minimum absolute atomic E-state index is 0.290. The number of hydrogen-bond acceptors (Lipinski definition) is 6. The van der Waals surface area contributed by atoms with Gasteiger partial charge in [0.2, 0.25) is 0 Å². The van der Waals surface area contributed by atoms with Crippen molar-refractivity contribution in [1.82, 2.24) is 10.9 Å². The predicted molar refractivity (Wildman–Crippen MR) is 68.2 cm³/mol. The highest BCUT2D eigenvalue weighted by Crippen LogP contribution is 2.17. The van der Waals surface area contributed by atoms with Crippen LogP contribution in [0.3, 0.4) is 0 Å². The van der Waals surface area contributed by atoms with Gasteiger partial charge in [-0.2, -0.15) is 0 Å². The Morgan fingerprint density at radius 1 is 1.39 bits per heavy atom. The Hall–Kier alpha value is -1.63. The van der Waals surface area contributed by atoms with E-state index in [1.54, 1.807) is 6.92 Å². The zero-order chi connectivity index (χ0) is 13.0. The zero-order valence-corrected chi connectivity index (χ0v) is 10.2. The van der Waals surface area contributed by atoms with Gasteiger partial charge >= 0.3 is 5.97 Å². The molecule has 1 aromatic carbocycles. The molecule has 0 aromatic heterocycles. The molecule has 0 aliphatic carbocycles. The lowest BCUT2D eigenvalue weighted by atomic mass is 10.1. The predicted octanol–water partition coefficient (Wildman–Crippen LogP) is -0.00350. The Balaban J connectivity index is 2.05. The molecule has 3 unspecified atom stereocenters. The molecule has 1 heterocycles. The Bertz CT molecular complexity index is 398. The summed E-state index contributed by atoms with van der Waals surface area (Å²) in [4.78, 5) is 11.8. The van der Waals surface area contributed by atoms with Crippen molar-refractivity contribution < 1.29 is 9.53 Å². The van der Waals surface area contributed by atoms with Gasteiger partial charge in [-0.05, 0) is 19.1 Å². The van der Waals surface area contributed by atoms with Crippen LogP contribution in [0.25, 0.3) is 0 Å². The molecule has 0 amide bonds. The SMILES string of the molecule is CCOC(=O)C1C(N)NNC1Nc1ccccc1. The molecule has 1 saturated heterocycles. The number of hydrazine groups is 1. The standard InChI is InChI=1S/C12H18N4O2/c1-2-18-12(17)9-10(13)15-16-11(9)14-8-6-4-3-5-7-8/h3-7,9-11,14-16H,2,13H2,1H3. The molecule has 1 fully saturated rings. The molecule has 2 rings (SSSR count). The van der Waals surface area contributed by atoms with Crippen molar-refractivity contribution in [2.45, 2.75) is 19.3 Å². The van der Waals surface area contributed by atoms with E-state index in [1.807, 2.05) is 30.3 Å². The normalized spacial score (nSPS) is 26.9. The summed E-state index contributed by atoms with van der Waals surface area (Å²) in [6, 6.07) is 9.62. The molecule has 98 valence electrons. The van der Waals surface area contributed by atoms with Crippen LogP contribution < -0.4 is 21.9 Å². The van der Waals surface area contributed by atoms with Gasteiger partial charge in [0.15, 0.2) is 0 Å². The van der Waals surface area contributed by atoms with Crippen LogP contribution in [0, 0.1) is 5.92 Å². The minimum Gasteiger partial charge on any atom is -0.466 e. The molecular formula is C12H18N4O2. The van der Waals surface area contributed by atoms with E-state index in [-0.39, 0.29) is 12.1 Å². The number of nitrogens with one attached hydrogen (secondary N) is 3. The van der Waals surface area contributed by atoms with Crippen molar-refractivity contribution in [2.75, 3.05) is 11.9 Å². The van der Waals surface area contributed by atoms with E-state index in [0.29, 0.717) is 6.61 Å². The van der Waals surface area contributed by atoms with Crippen molar-refractivity contribution >= 4 is 11.7 Å². The van der Waals surface area contributed by atoms with Crippen molar-refractivity contribution in [3.8, 4) is 0 Å². The first kappa shape index (κ1) is 12.8. The number of carbonyl (C=O) groups excluding carboxylic acids is 1. The molecule has 0 radical (unpaired) electrons. The molecule has 6 heteroatoms. The number of ether oxygens (including phenoxy) is 1. The first-order chi connectivity index (χ1) is 8.72. The molecule has 6 nitrogen and oxygen atoms in total. The summed E-state index contributed by atoms with van der Waals surface area (Å²) in [6.07, 6.45) is -0.758. The maximum Gasteiger partial charge on any atom is 0.315 e. The molecular weight excluding hydrogens is 232 g/mol. The fraction of sp³-hybridized carbons (Fsp3) is 0.417. The number of rotatable bonds is 4. The number of nitrogens with two attached hydrogens (primary N) is 1. The van der Waals surface area contributed by atoms with Gasteiger partial charge in [0.1, 0.15) is 12.1 Å². The maximum atomic E-state index is 11.8. The number of benzene rings is 1. The molecule has 3 atom stereocenters. The summed E-state index contributed by atoms with van der Waals surface area (Å²) in [5.74, 6) is -0.777. The highest BCUT2D eigenvalue weighted by atomic mass is 16.5. The summed E-state index contributed by atoms with van der Waals surface area (Å²) in [6.45, 7) is 2.12. The van der Waals surface area contributed by atoms with Gasteiger partial charge < -0.3 is 15.8 Å². The topological polar surface area (TPSA) is 88.4 Å². The first-order valence-corrected chi connectivity index (χ1v) is 5.97. The van der Waals surface area contributed by atoms with Gasteiger partial charge in [0.05, 0.1) is 12.8 Å². The third kappa shape index (κ3) is 2.79. The van der Waals surface area contributed by atoms with Crippen LogP contribution in [0.4, 0.5) is 5.69 Å². The molecule has 1 aromatic rings. The Morgan fingerprint density at radius 3 is 2.78 bits per heavy atom. The highest BCUT2D eigenvalue weighted by molar-refractivity contribution is 5.75. The zero-order valence-electron chi connectivity index (χ0n) is 10.2. The van der Waals surface area contributed by atoms with Crippen molar-refractivity contribution in [3.63, 3.8) is 0 Å². The van der Waals surface area contributed by atoms with Crippen LogP contribution in [0.2, 0.25) is 0 Å². The van der Waals surface area contributed by atoms with Gasteiger partial charge in [-0.3, -0.25) is 4.79 Å². The third-order valence-corrected chi connectivity index (χ3v) is 2.81. The van der Waals surface area contributed by atoms with Crippen LogP contribution >= 0.6 is 0 Å². The van der Waals surface area contributed by atoms with Crippen molar-refractivity contribution in [3.05, 3.63) is 30.3 Å². The van der Waals surface area contributed by atoms with E-state index < -0.39 is 12.1 Å². The second-order valence-corrected chi connectivity index (χ2v) is 4.08. The lowest BCUT2D eigenvalue weighted by Gasteiger charge is -2.21. The Labute approximate surface area is 106 Å². The lowest BCUT2D eigenvalue weighted by Crippen LogP contribution is -2.43. The molecule has 0 bridgehead atoms. The van der Waals surface area contributed by atoms with E-state index in [4.69, 9.17) is 10.5 Å². The molecule has 0 saturated carbocycles. The van der Waals surface area contributed by atoms with Crippen LogP contribution in [-0.4, -0.2) is 24.9 Å². The molecule has 1 aliphatic heterocycles. The van der Waals surface area contributed by atoms with Gasteiger partial charge in [0, 0.05) is 5.69 Å². The van der Waals surface area contributed by atoms with Crippen LogP contribution in [0.5, 0.6) is 0 Å². The number of carbonyl (C=O) groups is 1. The van der Waals surface area contributed by atoms with Crippen molar-refractivity contribution in [2.24, 2.45) is 11.7 Å². The number of anilines is 1. The highest BCUT2D eigenvalue weighted by Gasteiger charge is 2.40. The molecule has 5 N–H and O–H groups in total. The van der Waals surface area contributed by atoms with Gasteiger partial charge in [0.25, 0.3) is 0 Å². The van der Waals surface area contributed by atoms with E-state index in [1.165, 1.54) is 0 Å². The van der Waals surface area contributed by atoms with Gasteiger partial charge in [-0.1, -0.05) is 18.2 Å². The largest absolute Gasteiger partial charge is 0.466 e. The second kappa shape index (κ2) is 5.81. The lowest BCUT2D eigenvalue weighted by molar-refractivity contribution is -0.148. The Kier molecular flexibility index (Phi) is 4.14. The summed E-state index contributed by atoms with van der Waals surface area (Å²) >= 11 is 0. The number of para-hydroxylation sites is 1. The summed E-state index contributed by atoms with van der Waals surface area (Å²) < 4.78 is 5.03. The quantitative estimate of drug-likeness (QED) is 0.562. The fourth-order valence-electron chi connectivity index (χ4n) is 1.93. The van der Waals surface area contributed by atoms with Gasteiger partial charge in [-0.25, -0.2) is 10.9 Å². The van der Waals surface area contributed by atoms with Crippen molar-refractivity contribution in [1.29, 1.82) is 0 Å². The number of esters is 1. The maximum absolute atomic E-state index is 11.8.